The fourth-order valence-electron chi connectivity index (χ4n) is 1.32. The molecule has 19 heavy (non-hydrogen) atoms. The monoisotopic (exact) mass is 283 g/mol. The van der Waals surface area contributed by atoms with Crippen LogP contribution < -0.4 is 16.0 Å². The Kier molecular flexibility index (Phi) is 5.81. The number of alkyl halides is 1. The van der Waals surface area contributed by atoms with Gasteiger partial charge >= 0.3 is 6.03 Å². The first-order valence-corrected chi connectivity index (χ1v) is 6.09. The highest BCUT2D eigenvalue weighted by molar-refractivity contribution is 6.19. The number of urea groups is 1. The summed E-state index contributed by atoms with van der Waals surface area (Å²) < 4.78 is 0. The van der Waals surface area contributed by atoms with Gasteiger partial charge in [0.2, 0.25) is 11.8 Å². The third-order valence-corrected chi connectivity index (χ3v) is 2.20. The minimum Gasteiger partial charge on any atom is -0.326 e. The molecule has 0 radical (unpaired) electrons. The number of nitrogens with one attached hydrogen (secondary N) is 3. The first-order valence-electron chi connectivity index (χ1n) is 5.55. The average Bonchev–Trinajstić information content (AvgIpc) is 2.28. The van der Waals surface area contributed by atoms with Crippen molar-refractivity contribution in [1.82, 2.24) is 5.32 Å². The zero-order valence-corrected chi connectivity index (χ0v) is 11.1. The van der Waals surface area contributed by atoms with Crippen molar-refractivity contribution in [3.8, 4) is 0 Å². The summed E-state index contributed by atoms with van der Waals surface area (Å²) in [5, 5.41) is 7.19. The van der Waals surface area contributed by atoms with Gasteiger partial charge in [-0.3, -0.25) is 14.9 Å². The van der Waals surface area contributed by atoms with Crippen molar-refractivity contribution in [3.05, 3.63) is 24.3 Å². The van der Waals surface area contributed by atoms with Gasteiger partial charge in [0.05, 0.1) is 0 Å². The predicted octanol–water partition coefficient (Wildman–Crippen LogP) is 1.92. The van der Waals surface area contributed by atoms with Gasteiger partial charge in [0.25, 0.3) is 0 Å². The third kappa shape index (κ3) is 5.87. The fraction of sp³-hybridized carbons (Fsp3) is 0.250. The van der Waals surface area contributed by atoms with Gasteiger partial charge in [0.15, 0.2) is 0 Å². The molecule has 0 saturated heterocycles. The average molecular weight is 284 g/mol. The van der Waals surface area contributed by atoms with Crippen molar-refractivity contribution in [3.63, 3.8) is 0 Å². The van der Waals surface area contributed by atoms with E-state index < -0.39 is 11.9 Å². The molecule has 0 aliphatic heterocycles. The van der Waals surface area contributed by atoms with E-state index in [1.54, 1.807) is 24.3 Å². The number of hydrogen-bond acceptors (Lipinski definition) is 3. The van der Waals surface area contributed by atoms with Crippen LogP contribution in [0.2, 0.25) is 0 Å². The maximum Gasteiger partial charge on any atom is 0.325 e. The predicted molar refractivity (Wildman–Crippen MR) is 73.2 cm³/mol. The van der Waals surface area contributed by atoms with Crippen LogP contribution in [-0.2, 0) is 9.59 Å². The lowest BCUT2D eigenvalue weighted by Crippen LogP contribution is -2.34. The Morgan fingerprint density at radius 1 is 1.16 bits per heavy atom. The molecule has 1 aromatic carbocycles. The third-order valence-electron chi connectivity index (χ3n) is 2.02. The second-order valence-electron chi connectivity index (χ2n) is 3.70. The number of imide groups is 1. The summed E-state index contributed by atoms with van der Waals surface area (Å²) in [5.41, 5.74) is 1.01. The Morgan fingerprint density at radius 3 is 2.37 bits per heavy atom. The minimum atomic E-state index is -0.643. The summed E-state index contributed by atoms with van der Waals surface area (Å²) in [6.45, 7) is 1.39. The van der Waals surface area contributed by atoms with Gasteiger partial charge in [-0.1, -0.05) is 6.07 Å². The van der Waals surface area contributed by atoms with Crippen LogP contribution in [0.4, 0.5) is 16.2 Å². The van der Waals surface area contributed by atoms with Gasteiger partial charge < -0.3 is 10.6 Å². The van der Waals surface area contributed by atoms with E-state index in [1.165, 1.54) is 6.92 Å². The Labute approximate surface area is 115 Å². The van der Waals surface area contributed by atoms with Crippen molar-refractivity contribution in [2.24, 2.45) is 0 Å². The lowest BCUT2D eigenvalue weighted by atomic mass is 10.2. The molecule has 1 aromatic rings. The van der Waals surface area contributed by atoms with Crippen molar-refractivity contribution in [1.29, 1.82) is 0 Å². The molecule has 0 fully saturated rings. The summed E-state index contributed by atoms with van der Waals surface area (Å²) in [6.07, 6.45) is 0.0703. The zero-order valence-electron chi connectivity index (χ0n) is 10.3. The number of carbonyl (C=O) groups is 3. The molecule has 0 aliphatic rings. The molecule has 6 nitrogen and oxygen atoms in total. The molecule has 0 spiro atoms. The quantitative estimate of drug-likeness (QED) is 0.738. The van der Waals surface area contributed by atoms with E-state index in [4.69, 9.17) is 11.6 Å². The minimum absolute atomic E-state index is 0.0703. The molecule has 0 saturated carbocycles. The Balaban J connectivity index is 2.59. The topological polar surface area (TPSA) is 87.3 Å². The van der Waals surface area contributed by atoms with Crippen molar-refractivity contribution < 1.29 is 14.4 Å². The molecule has 0 atom stereocenters. The number of hydrogen-bond donors (Lipinski definition) is 3. The summed E-state index contributed by atoms with van der Waals surface area (Å²) in [6, 6.07) is 5.92. The van der Waals surface area contributed by atoms with E-state index in [0.29, 0.717) is 11.4 Å². The van der Waals surface area contributed by atoms with Gasteiger partial charge in [-0.05, 0) is 18.2 Å². The first kappa shape index (κ1) is 15.0. The van der Waals surface area contributed by atoms with Crippen LogP contribution in [0.3, 0.4) is 0 Å². The highest BCUT2D eigenvalue weighted by Crippen LogP contribution is 2.14. The fourth-order valence-corrected chi connectivity index (χ4v) is 1.49. The van der Waals surface area contributed by atoms with Crippen LogP contribution in [0.15, 0.2) is 24.3 Å². The summed E-state index contributed by atoms with van der Waals surface area (Å²) in [5.74, 6) is -0.513. The number of amides is 4. The Hall–Kier alpha value is -2.08. The van der Waals surface area contributed by atoms with E-state index in [2.05, 4.69) is 16.0 Å². The SMILES string of the molecule is CC(=O)Nc1cccc(NC(=O)NC(=O)CCCl)c1. The normalized spacial score (nSPS) is 9.58. The largest absolute Gasteiger partial charge is 0.326 e. The van der Waals surface area contributed by atoms with Crippen molar-refractivity contribution >= 4 is 40.8 Å². The summed E-state index contributed by atoms with van der Waals surface area (Å²) >= 11 is 5.38. The number of carbonyl (C=O) groups excluding carboxylic acids is 3. The Bertz CT molecular complexity index is 491. The molecular formula is C12H14ClN3O3. The van der Waals surface area contributed by atoms with E-state index in [9.17, 15) is 14.4 Å². The van der Waals surface area contributed by atoms with E-state index in [1.807, 2.05) is 0 Å². The standard InChI is InChI=1S/C12H14ClN3O3/c1-8(17)14-9-3-2-4-10(7-9)15-12(19)16-11(18)5-6-13/h2-4,7H,5-6H2,1H3,(H,14,17)(H2,15,16,18,19). The molecule has 4 amide bonds. The van der Waals surface area contributed by atoms with Gasteiger partial charge in [0, 0.05) is 30.6 Å². The maximum atomic E-state index is 11.5. The van der Waals surface area contributed by atoms with Crippen molar-refractivity contribution in [2.75, 3.05) is 16.5 Å². The van der Waals surface area contributed by atoms with Crippen LogP contribution in [0.1, 0.15) is 13.3 Å². The van der Waals surface area contributed by atoms with E-state index in [-0.39, 0.29) is 18.2 Å². The van der Waals surface area contributed by atoms with Crippen LogP contribution in [0.25, 0.3) is 0 Å². The van der Waals surface area contributed by atoms with Crippen LogP contribution in [0, 0.1) is 0 Å². The number of anilines is 2. The zero-order chi connectivity index (χ0) is 14.3. The summed E-state index contributed by atoms with van der Waals surface area (Å²) in [7, 11) is 0. The van der Waals surface area contributed by atoms with Gasteiger partial charge in [-0.25, -0.2) is 4.79 Å². The highest BCUT2D eigenvalue weighted by atomic mass is 35.5. The summed E-state index contributed by atoms with van der Waals surface area (Å²) in [4.78, 5) is 33.5. The van der Waals surface area contributed by atoms with Crippen molar-refractivity contribution in [2.45, 2.75) is 13.3 Å². The molecule has 3 N–H and O–H groups in total. The Morgan fingerprint density at radius 2 is 1.79 bits per heavy atom. The smallest absolute Gasteiger partial charge is 0.325 e. The lowest BCUT2D eigenvalue weighted by molar-refractivity contribution is -0.119. The molecule has 0 aromatic heterocycles. The molecule has 102 valence electrons. The van der Waals surface area contributed by atoms with Crippen LogP contribution in [0.5, 0.6) is 0 Å². The second-order valence-corrected chi connectivity index (χ2v) is 4.08. The van der Waals surface area contributed by atoms with Gasteiger partial charge in [0.1, 0.15) is 0 Å². The maximum absolute atomic E-state index is 11.5. The van der Waals surface area contributed by atoms with E-state index >= 15 is 0 Å². The van der Waals surface area contributed by atoms with Crippen LogP contribution in [-0.4, -0.2) is 23.7 Å². The number of rotatable bonds is 4. The van der Waals surface area contributed by atoms with Crippen LogP contribution >= 0.6 is 11.6 Å². The molecule has 0 heterocycles. The highest BCUT2D eigenvalue weighted by Gasteiger charge is 2.07. The first-order chi connectivity index (χ1) is 9.01. The van der Waals surface area contributed by atoms with Gasteiger partial charge in [-0.15, -0.1) is 11.6 Å². The molecule has 0 bridgehead atoms. The van der Waals surface area contributed by atoms with E-state index in [0.717, 1.165) is 0 Å². The molecular weight excluding hydrogens is 270 g/mol. The molecule has 1 rings (SSSR count). The number of halogens is 1. The lowest BCUT2D eigenvalue weighted by Gasteiger charge is -2.08. The molecule has 0 unspecified atom stereocenters. The molecule has 0 aliphatic carbocycles. The molecule has 7 heteroatoms. The number of benzene rings is 1. The van der Waals surface area contributed by atoms with Gasteiger partial charge in [-0.2, -0.15) is 0 Å². The second kappa shape index (κ2) is 7.38.